The Bertz CT molecular complexity index is 1160. The maximum atomic E-state index is 12.7. The predicted molar refractivity (Wildman–Crippen MR) is 109 cm³/mol. The van der Waals surface area contributed by atoms with Crippen molar-refractivity contribution >= 4 is 33.4 Å². The number of aryl methyl sites for hydroxylation is 1. The van der Waals surface area contributed by atoms with Gasteiger partial charge in [-0.15, -0.1) is 0 Å². The molecular formula is C21H20N2O5S. The van der Waals surface area contributed by atoms with Gasteiger partial charge in [0.15, 0.2) is 16.3 Å². The van der Waals surface area contributed by atoms with Crippen LogP contribution in [-0.2, 0) is 16.1 Å². The minimum absolute atomic E-state index is 0.0482. The third-order valence-electron chi connectivity index (χ3n) is 4.40. The highest BCUT2D eigenvalue weighted by atomic mass is 32.1. The van der Waals surface area contributed by atoms with Gasteiger partial charge in [0.1, 0.15) is 19.8 Å². The number of nitrogens with zero attached hydrogens (tertiary/aromatic N) is 2. The fourth-order valence-corrected chi connectivity index (χ4v) is 4.15. The number of esters is 1. The van der Waals surface area contributed by atoms with E-state index < -0.39 is 5.97 Å². The molecule has 0 saturated heterocycles. The summed E-state index contributed by atoms with van der Waals surface area (Å²) in [4.78, 5) is 29.6. The molecule has 0 saturated carbocycles. The van der Waals surface area contributed by atoms with E-state index in [2.05, 4.69) is 4.99 Å². The number of thiazole rings is 1. The van der Waals surface area contributed by atoms with E-state index >= 15 is 0 Å². The first-order chi connectivity index (χ1) is 14.0. The van der Waals surface area contributed by atoms with Crippen LogP contribution in [0.4, 0.5) is 0 Å². The molecule has 0 fully saturated rings. The number of amides is 1. The standard InChI is InChI=1S/C21H20N2O5S/c1-3-26-19(24)12-23-15-10-16-17(28-8-7-27-16)11-18(15)29-21(23)22-20(25)14-6-4-5-13(2)9-14/h4-6,9-11H,3,7-8,12H2,1-2H3. The lowest BCUT2D eigenvalue weighted by Crippen LogP contribution is -2.23. The maximum Gasteiger partial charge on any atom is 0.326 e. The molecule has 2 heterocycles. The Balaban J connectivity index is 1.84. The summed E-state index contributed by atoms with van der Waals surface area (Å²) in [5.41, 5.74) is 2.21. The molecule has 1 aromatic heterocycles. The predicted octanol–water partition coefficient (Wildman–Crippen LogP) is 3.09. The number of benzene rings is 2. The van der Waals surface area contributed by atoms with Gasteiger partial charge < -0.3 is 18.8 Å². The Labute approximate surface area is 171 Å². The van der Waals surface area contributed by atoms with Crippen molar-refractivity contribution in [2.24, 2.45) is 4.99 Å². The summed E-state index contributed by atoms with van der Waals surface area (Å²) in [5.74, 6) is 0.488. The zero-order valence-electron chi connectivity index (χ0n) is 16.1. The summed E-state index contributed by atoms with van der Waals surface area (Å²) >= 11 is 1.32. The first-order valence-electron chi connectivity index (χ1n) is 9.29. The second-order valence-corrected chi connectivity index (χ2v) is 7.53. The SMILES string of the molecule is CCOC(=O)Cn1c(=NC(=O)c2cccc(C)c2)sc2cc3c(cc21)OCCO3. The molecule has 2 aromatic carbocycles. The van der Waals surface area contributed by atoms with Crippen LogP contribution in [0.25, 0.3) is 10.2 Å². The fourth-order valence-electron chi connectivity index (χ4n) is 3.11. The topological polar surface area (TPSA) is 79.1 Å². The van der Waals surface area contributed by atoms with Gasteiger partial charge in [-0.25, -0.2) is 0 Å². The Morgan fingerprint density at radius 1 is 1.17 bits per heavy atom. The van der Waals surface area contributed by atoms with E-state index in [-0.39, 0.29) is 19.1 Å². The van der Waals surface area contributed by atoms with Crippen molar-refractivity contribution in [3.8, 4) is 11.5 Å². The Morgan fingerprint density at radius 2 is 1.93 bits per heavy atom. The van der Waals surface area contributed by atoms with E-state index in [9.17, 15) is 9.59 Å². The summed E-state index contributed by atoms with van der Waals surface area (Å²) in [6, 6.07) is 10.9. The normalized spacial score (nSPS) is 13.5. The number of fused-ring (bicyclic) bond motifs is 2. The highest BCUT2D eigenvalue weighted by Crippen LogP contribution is 2.35. The van der Waals surface area contributed by atoms with E-state index in [4.69, 9.17) is 14.2 Å². The summed E-state index contributed by atoms with van der Waals surface area (Å²) in [7, 11) is 0. The molecule has 0 bridgehead atoms. The van der Waals surface area contributed by atoms with Crippen LogP contribution >= 0.6 is 11.3 Å². The molecule has 0 spiro atoms. The molecule has 1 amide bonds. The number of aromatic nitrogens is 1. The van der Waals surface area contributed by atoms with E-state index in [1.165, 1.54) is 11.3 Å². The molecule has 0 radical (unpaired) electrons. The van der Waals surface area contributed by atoms with Gasteiger partial charge in [0.05, 0.1) is 16.8 Å². The van der Waals surface area contributed by atoms with Gasteiger partial charge in [-0.05, 0) is 26.0 Å². The molecular weight excluding hydrogens is 392 g/mol. The molecule has 7 nitrogen and oxygen atoms in total. The van der Waals surface area contributed by atoms with Crippen molar-refractivity contribution in [1.29, 1.82) is 0 Å². The van der Waals surface area contributed by atoms with Gasteiger partial charge >= 0.3 is 5.97 Å². The smallest absolute Gasteiger partial charge is 0.326 e. The number of hydrogen-bond acceptors (Lipinski definition) is 6. The van der Waals surface area contributed by atoms with E-state index in [1.54, 1.807) is 23.6 Å². The molecule has 0 N–H and O–H groups in total. The zero-order chi connectivity index (χ0) is 20.4. The van der Waals surface area contributed by atoms with Crippen LogP contribution in [-0.4, -0.2) is 36.3 Å². The third kappa shape index (κ3) is 4.02. The zero-order valence-corrected chi connectivity index (χ0v) is 17.0. The molecule has 0 atom stereocenters. The van der Waals surface area contributed by atoms with Gasteiger partial charge in [0, 0.05) is 17.7 Å². The van der Waals surface area contributed by atoms with Crippen molar-refractivity contribution < 1.29 is 23.8 Å². The summed E-state index contributed by atoms with van der Waals surface area (Å²) in [6.07, 6.45) is 0. The average Bonchev–Trinajstić information content (AvgIpc) is 3.02. The quantitative estimate of drug-likeness (QED) is 0.616. The average molecular weight is 412 g/mol. The van der Waals surface area contributed by atoms with Crippen molar-refractivity contribution in [3.63, 3.8) is 0 Å². The lowest BCUT2D eigenvalue weighted by molar-refractivity contribution is -0.143. The lowest BCUT2D eigenvalue weighted by atomic mass is 10.1. The lowest BCUT2D eigenvalue weighted by Gasteiger charge is -2.18. The van der Waals surface area contributed by atoms with Crippen LogP contribution in [0.5, 0.6) is 11.5 Å². The second kappa shape index (κ2) is 8.08. The molecule has 3 aromatic rings. The summed E-state index contributed by atoms with van der Waals surface area (Å²) in [5, 5.41) is 0. The van der Waals surface area contributed by atoms with Gasteiger partial charge in [0.2, 0.25) is 0 Å². The molecule has 29 heavy (non-hydrogen) atoms. The Morgan fingerprint density at radius 3 is 2.66 bits per heavy atom. The van der Waals surface area contributed by atoms with E-state index in [0.29, 0.717) is 35.1 Å². The molecule has 8 heteroatoms. The van der Waals surface area contributed by atoms with Crippen LogP contribution in [0.3, 0.4) is 0 Å². The number of carbonyl (C=O) groups excluding carboxylic acids is 2. The largest absolute Gasteiger partial charge is 0.486 e. The fraction of sp³-hybridized carbons (Fsp3) is 0.286. The van der Waals surface area contributed by atoms with Gasteiger partial charge in [-0.1, -0.05) is 29.0 Å². The first kappa shape index (κ1) is 19.2. The minimum Gasteiger partial charge on any atom is -0.486 e. The van der Waals surface area contributed by atoms with Crippen molar-refractivity contribution in [3.05, 3.63) is 52.3 Å². The van der Waals surface area contributed by atoms with Crippen molar-refractivity contribution in [1.82, 2.24) is 4.57 Å². The van der Waals surface area contributed by atoms with Crippen LogP contribution in [0.1, 0.15) is 22.8 Å². The molecule has 150 valence electrons. The summed E-state index contributed by atoms with van der Waals surface area (Å²) < 4.78 is 18.9. The maximum absolute atomic E-state index is 12.7. The summed E-state index contributed by atoms with van der Waals surface area (Å²) in [6.45, 7) is 4.85. The highest BCUT2D eigenvalue weighted by Gasteiger charge is 2.18. The van der Waals surface area contributed by atoms with Crippen molar-refractivity contribution in [2.75, 3.05) is 19.8 Å². The molecule has 1 aliphatic rings. The van der Waals surface area contributed by atoms with Gasteiger partial charge in [0.25, 0.3) is 5.91 Å². The third-order valence-corrected chi connectivity index (χ3v) is 5.44. The van der Waals surface area contributed by atoms with Crippen LogP contribution in [0.15, 0.2) is 41.4 Å². The Hall–Kier alpha value is -3.13. The van der Waals surface area contributed by atoms with Gasteiger partial charge in [-0.3, -0.25) is 9.59 Å². The molecule has 4 rings (SSSR count). The monoisotopic (exact) mass is 412 g/mol. The number of ether oxygens (including phenoxy) is 3. The second-order valence-electron chi connectivity index (χ2n) is 6.53. The van der Waals surface area contributed by atoms with Crippen LogP contribution in [0, 0.1) is 6.92 Å². The Kier molecular flexibility index (Phi) is 5.35. The molecule has 1 aliphatic heterocycles. The minimum atomic E-state index is -0.397. The molecule has 0 unspecified atom stereocenters. The first-order valence-corrected chi connectivity index (χ1v) is 10.1. The van der Waals surface area contributed by atoms with Crippen molar-refractivity contribution in [2.45, 2.75) is 20.4 Å². The van der Waals surface area contributed by atoms with Crippen LogP contribution in [0.2, 0.25) is 0 Å². The molecule has 0 aliphatic carbocycles. The number of carbonyl (C=O) groups is 2. The van der Waals surface area contributed by atoms with E-state index in [0.717, 1.165) is 15.8 Å². The number of rotatable bonds is 4. The van der Waals surface area contributed by atoms with Crippen LogP contribution < -0.4 is 14.3 Å². The van der Waals surface area contributed by atoms with E-state index in [1.807, 2.05) is 31.2 Å². The highest BCUT2D eigenvalue weighted by molar-refractivity contribution is 7.16. The number of hydrogen-bond donors (Lipinski definition) is 0. The van der Waals surface area contributed by atoms with Gasteiger partial charge in [-0.2, -0.15) is 4.99 Å².